The Morgan fingerprint density at radius 2 is 2.10 bits per heavy atom. The maximum Gasteiger partial charge on any atom is 0.136 e. The van der Waals surface area contributed by atoms with Crippen LogP contribution in [0.4, 0.5) is 0 Å². The highest BCUT2D eigenvalue weighted by Gasteiger charge is 2.23. The van der Waals surface area contributed by atoms with Gasteiger partial charge in [-0.2, -0.15) is 0 Å². The minimum atomic E-state index is -1.20. The zero-order valence-corrected chi connectivity index (χ0v) is 6.68. The third kappa shape index (κ3) is 1.84. The summed E-state index contributed by atoms with van der Waals surface area (Å²) in [7, 11) is 3.42. The first-order chi connectivity index (χ1) is 4.41. The van der Waals surface area contributed by atoms with E-state index in [0.717, 1.165) is 0 Å². The highest BCUT2D eigenvalue weighted by Crippen LogP contribution is 2.06. The predicted molar refractivity (Wildman–Crippen MR) is 42.2 cm³/mol. The van der Waals surface area contributed by atoms with Gasteiger partial charge in [0.05, 0.1) is 0 Å². The van der Waals surface area contributed by atoms with Crippen molar-refractivity contribution in [2.24, 2.45) is 0 Å². The van der Waals surface area contributed by atoms with Crippen LogP contribution in [0.15, 0.2) is 12.7 Å². The molecule has 58 valence electrons. The second-order valence-electron chi connectivity index (χ2n) is 2.59. The van der Waals surface area contributed by atoms with Crippen molar-refractivity contribution in [2.75, 3.05) is 14.1 Å². The topological polar surface area (TPSA) is 47.3 Å². The molecule has 0 amide bonds. The van der Waals surface area contributed by atoms with Gasteiger partial charge in [0.15, 0.2) is 0 Å². The zero-order chi connectivity index (χ0) is 8.36. The van der Waals surface area contributed by atoms with Gasteiger partial charge in [-0.15, -0.1) is 0 Å². The summed E-state index contributed by atoms with van der Waals surface area (Å²) < 4.78 is 0. The van der Waals surface area contributed by atoms with Crippen LogP contribution < -0.4 is 0 Å². The lowest BCUT2D eigenvalue weighted by atomic mass is 10.1. The van der Waals surface area contributed by atoms with Crippen molar-refractivity contribution in [2.45, 2.75) is 12.5 Å². The van der Waals surface area contributed by atoms with Crippen LogP contribution in [0.3, 0.4) is 0 Å². The standard InChI is InChI=1S/C7H14N2O/c1-5-7(2,10)6(8)9(3)4/h5,8,10H,1H2,2-4H3. The molecule has 2 N–H and O–H groups in total. The van der Waals surface area contributed by atoms with Crippen molar-refractivity contribution in [1.29, 1.82) is 5.41 Å². The van der Waals surface area contributed by atoms with Crippen molar-refractivity contribution in [3.05, 3.63) is 12.7 Å². The lowest BCUT2D eigenvalue weighted by Crippen LogP contribution is -2.41. The third-order valence-electron chi connectivity index (χ3n) is 1.32. The Hall–Kier alpha value is -0.830. The molecule has 1 unspecified atom stereocenters. The average Bonchev–Trinajstić information content (AvgIpc) is 1.86. The molecule has 0 heterocycles. The third-order valence-corrected chi connectivity index (χ3v) is 1.32. The van der Waals surface area contributed by atoms with E-state index in [2.05, 4.69) is 6.58 Å². The minimum absolute atomic E-state index is 0.141. The van der Waals surface area contributed by atoms with Gasteiger partial charge in [-0.25, -0.2) is 0 Å². The van der Waals surface area contributed by atoms with Crippen LogP contribution in [0.25, 0.3) is 0 Å². The molecule has 0 saturated carbocycles. The summed E-state index contributed by atoms with van der Waals surface area (Å²) >= 11 is 0. The second-order valence-corrected chi connectivity index (χ2v) is 2.59. The predicted octanol–water partition coefficient (Wildman–Crippen LogP) is 0.462. The van der Waals surface area contributed by atoms with E-state index in [4.69, 9.17) is 5.41 Å². The van der Waals surface area contributed by atoms with Crippen LogP contribution in [0.5, 0.6) is 0 Å². The fourth-order valence-corrected chi connectivity index (χ4v) is 0.549. The Labute approximate surface area is 61.5 Å². The van der Waals surface area contributed by atoms with Gasteiger partial charge in [0.1, 0.15) is 11.4 Å². The Bertz CT molecular complexity index is 150. The van der Waals surface area contributed by atoms with Gasteiger partial charge in [0, 0.05) is 14.1 Å². The molecule has 0 aliphatic heterocycles. The Kier molecular flexibility index (Phi) is 2.60. The molecule has 3 heteroatoms. The summed E-state index contributed by atoms with van der Waals surface area (Å²) in [6, 6.07) is 0. The van der Waals surface area contributed by atoms with Gasteiger partial charge in [-0.1, -0.05) is 12.7 Å². The SMILES string of the molecule is C=CC(C)(O)C(=N)N(C)C. The Morgan fingerprint density at radius 1 is 1.70 bits per heavy atom. The van der Waals surface area contributed by atoms with Crippen LogP contribution in [0.2, 0.25) is 0 Å². The van der Waals surface area contributed by atoms with Gasteiger partial charge in [0.2, 0.25) is 0 Å². The molecule has 10 heavy (non-hydrogen) atoms. The van der Waals surface area contributed by atoms with E-state index in [9.17, 15) is 5.11 Å². The maximum absolute atomic E-state index is 9.38. The molecule has 0 radical (unpaired) electrons. The maximum atomic E-state index is 9.38. The summed E-state index contributed by atoms with van der Waals surface area (Å²) in [6.45, 7) is 4.95. The van der Waals surface area contributed by atoms with E-state index in [0.29, 0.717) is 0 Å². The van der Waals surface area contributed by atoms with Crippen molar-refractivity contribution >= 4 is 5.84 Å². The number of hydrogen-bond donors (Lipinski definition) is 2. The lowest BCUT2D eigenvalue weighted by molar-refractivity contribution is 0.170. The summed E-state index contributed by atoms with van der Waals surface area (Å²) in [4.78, 5) is 1.54. The Balaban J connectivity index is 4.33. The van der Waals surface area contributed by atoms with Crippen molar-refractivity contribution in [3.63, 3.8) is 0 Å². The number of hydrogen-bond acceptors (Lipinski definition) is 2. The van der Waals surface area contributed by atoms with Crippen molar-refractivity contribution in [3.8, 4) is 0 Å². The molecule has 0 aromatic carbocycles. The first-order valence-corrected chi connectivity index (χ1v) is 3.04. The number of nitrogens with one attached hydrogen (secondary N) is 1. The largest absolute Gasteiger partial charge is 0.378 e. The first kappa shape index (κ1) is 9.17. The number of amidine groups is 1. The molecule has 0 saturated heterocycles. The van der Waals surface area contributed by atoms with Gasteiger partial charge in [-0.3, -0.25) is 5.41 Å². The summed E-state index contributed by atoms with van der Waals surface area (Å²) in [5.74, 6) is 0.141. The molecule has 0 bridgehead atoms. The van der Waals surface area contributed by atoms with Crippen LogP contribution in [0, 0.1) is 5.41 Å². The summed E-state index contributed by atoms with van der Waals surface area (Å²) in [6.07, 6.45) is 1.34. The monoisotopic (exact) mass is 142 g/mol. The van der Waals surface area contributed by atoms with Crippen LogP contribution in [-0.4, -0.2) is 35.5 Å². The molecule has 0 aromatic heterocycles. The molecule has 0 aliphatic rings. The Morgan fingerprint density at radius 3 is 2.20 bits per heavy atom. The van der Waals surface area contributed by atoms with E-state index >= 15 is 0 Å². The van der Waals surface area contributed by atoms with Crippen LogP contribution in [-0.2, 0) is 0 Å². The van der Waals surface area contributed by atoms with E-state index < -0.39 is 5.60 Å². The van der Waals surface area contributed by atoms with Gasteiger partial charge >= 0.3 is 0 Å². The molecule has 0 aliphatic carbocycles. The quantitative estimate of drug-likeness (QED) is 0.334. The normalized spacial score (nSPS) is 15.6. The summed E-state index contributed by atoms with van der Waals surface area (Å²) in [5, 5.41) is 16.7. The molecule has 0 fully saturated rings. The van der Waals surface area contributed by atoms with Gasteiger partial charge in [-0.05, 0) is 6.92 Å². The van der Waals surface area contributed by atoms with Crippen LogP contribution >= 0.6 is 0 Å². The molecular formula is C7H14N2O. The first-order valence-electron chi connectivity index (χ1n) is 3.04. The highest BCUT2D eigenvalue weighted by atomic mass is 16.3. The number of likely N-dealkylation sites (N-methyl/N-ethyl adjacent to an activating group) is 1. The lowest BCUT2D eigenvalue weighted by Gasteiger charge is -2.25. The van der Waals surface area contributed by atoms with Crippen molar-refractivity contribution < 1.29 is 5.11 Å². The number of nitrogens with zero attached hydrogens (tertiary/aromatic N) is 1. The molecule has 0 rings (SSSR count). The van der Waals surface area contributed by atoms with Crippen LogP contribution in [0.1, 0.15) is 6.92 Å². The smallest absolute Gasteiger partial charge is 0.136 e. The minimum Gasteiger partial charge on any atom is -0.378 e. The highest BCUT2D eigenvalue weighted by molar-refractivity contribution is 5.88. The average molecular weight is 142 g/mol. The summed E-state index contributed by atoms with van der Waals surface area (Å²) in [5.41, 5.74) is -1.20. The number of aliphatic hydroxyl groups is 1. The fraction of sp³-hybridized carbons (Fsp3) is 0.571. The molecule has 3 nitrogen and oxygen atoms in total. The van der Waals surface area contributed by atoms with E-state index in [1.807, 2.05) is 0 Å². The molecular weight excluding hydrogens is 128 g/mol. The number of rotatable bonds is 2. The second kappa shape index (κ2) is 2.84. The molecule has 1 atom stereocenters. The van der Waals surface area contributed by atoms with E-state index in [1.54, 1.807) is 19.0 Å². The molecule has 0 aromatic rings. The van der Waals surface area contributed by atoms with Crippen molar-refractivity contribution in [1.82, 2.24) is 4.90 Å². The van der Waals surface area contributed by atoms with Gasteiger partial charge in [0.25, 0.3) is 0 Å². The van der Waals surface area contributed by atoms with E-state index in [-0.39, 0.29) is 5.84 Å². The fourth-order valence-electron chi connectivity index (χ4n) is 0.549. The van der Waals surface area contributed by atoms with E-state index in [1.165, 1.54) is 13.0 Å². The molecule has 0 spiro atoms. The van der Waals surface area contributed by atoms with Gasteiger partial charge < -0.3 is 10.0 Å². The zero-order valence-electron chi connectivity index (χ0n) is 6.68.